The zero-order valence-electron chi connectivity index (χ0n) is 22.9. The van der Waals surface area contributed by atoms with Gasteiger partial charge in [0.1, 0.15) is 5.69 Å². The Morgan fingerprint density at radius 1 is 1.00 bits per heavy atom. The Kier molecular flexibility index (Phi) is 8.01. The molecule has 204 valence electrons. The number of rotatable bonds is 7. The van der Waals surface area contributed by atoms with Crippen molar-refractivity contribution in [3.63, 3.8) is 0 Å². The van der Waals surface area contributed by atoms with Gasteiger partial charge in [-0.3, -0.25) is 4.79 Å². The van der Waals surface area contributed by atoms with Gasteiger partial charge in [-0.2, -0.15) is 0 Å². The van der Waals surface area contributed by atoms with E-state index in [-0.39, 0.29) is 23.0 Å². The molecule has 39 heavy (non-hydrogen) atoms. The van der Waals surface area contributed by atoms with Crippen molar-refractivity contribution in [1.29, 1.82) is 0 Å². The van der Waals surface area contributed by atoms with Gasteiger partial charge in [-0.05, 0) is 64.9 Å². The molecular weight excluding hydrogens is 522 g/mol. The van der Waals surface area contributed by atoms with Crippen molar-refractivity contribution >= 4 is 47.1 Å². The maximum Gasteiger partial charge on any atom is 0.268 e. The number of aromatic amines is 1. The van der Waals surface area contributed by atoms with Gasteiger partial charge >= 0.3 is 0 Å². The van der Waals surface area contributed by atoms with E-state index in [4.69, 9.17) is 21.8 Å². The van der Waals surface area contributed by atoms with E-state index < -0.39 is 8.32 Å². The summed E-state index contributed by atoms with van der Waals surface area (Å²) in [4.78, 5) is 16.2. The average Bonchev–Trinajstić information content (AvgIpc) is 3.34. The average molecular weight is 560 g/mol. The molecule has 0 radical (unpaired) electrons. The summed E-state index contributed by atoms with van der Waals surface area (Å²) in [5.74, 6) is 0.204. The Morgan fingerprint density at radius 3 is 2.23 bits per heavy atom. The summed E-state index contributed by atoms with van der Waals surface area (Å²) in [7, 11) is -2.59. The molecule has 0 aliphatic heterocycles. The first kappa shape index (κ1) is 27.7. The fraction of sp³-hybridized carbons (Fsp3) is 0.344. The smallest absolute Gasteiger partial charge is 0.268 e. The van der Waals surface area contributed by atoms with E-state index >= 15 is 0 Å². The molecule has 0 saturated heterocycles. The number of H-pyrrole nitrogens is 1. The molecule has 1 aliphatic carbocycles. The Bertz CT molecular complexity index is 1380. The van der Waals surface area contributed by atoms with Crippen LogP contribution in [0, 0.1) is 5.92 Å². The number of halogens is 1. The van der Waals surface area contributed by atoms with Gasteiger partial charge in [0.2, 0.25) is 0 Å². The van der Waals surface area contributed by atoms with E-state index in [2.05, 4.69) is 91.7 Å². The van der Waals surface area contributed by atoms with E-state index in [9.17, 15) is 4.79 Å². The molecule has 1 amide bonds. The predicted molar refractivity (Wildman–Crippen MR) is 163 cm³/mol. The van der Waals surface area contributed by atoms with Crippen LogP contribution in [0.1, 0.15) is 50.5 Å². The van der Waals surface area contributed by atoms with Gasteiger partial charge in [0.05, 0.1) is 0 Å². The van der Waals surface area contributed by atoms with Gasteiger partial charge < -0.3 is 20.5 Å². The molecule has 5 nitrogen and oxygen atoms in total. The van der Waals surface area contributed by atoms with Crippen LogP contribution >= 0.6 is 11.6 Å². The first-order chi connectivity index (χ1) is 18.7. The molecule has 3 atom stereocenters. The fourth-order valence-electron chi connectivity index (χ4n) is 6.10. The Balaban J connectivity index is 1.28. The lowest BCUT2D eigenvalue weighted by Gasteiger charge is -2.44. The van der Waals surface area contributed by atoms with E-state index in [1.165, 1.54) is 10.4 Å². The monoisotopic (exact) mass is 559 g/mol. The highest BCUT2D eigenvalue weighted by Crippen LogP contribution is 2.38. The van der Waals surface area contributed by atoms with Crippen molar-refractivity contribution in [3.8, 4) is 0 Å². The van der Waals surface area contributed by atoms with Gasteiger partial charge in [0.15, 0.2) is 0 Å². The number of carbonyl (C=O) groups excluding carboxylic acids is 1. The van der Waals surface area contributed by atoms with Crippen LogP contribution in [0.15, 0.2) is 84.9 Å². The van der Waals surface area contributed by atoms with Crippen LogP contribution in [0.25, 0.3) is 10.9 Å². The van der Waals surface area contributed by atoms with Crippen LogP contribution in [-0.2, 0) is 4.43 Å². The summed E-state index contributed by atoms with van der Waals surface area (Å²) in [5, 5.41) is 7.24. The standard InChI is InChI=1S/C32H38ClN3O2Si/c1-32(2,3)39(25-10-6-4-7-11-25,26-12-8-5-9-13-26)38-21-22-14-16-29(27(34)18-22)36-31(37)30-20-23-19-24(33)15-17-28(23)35-30/h4-13,15,17,19-20,22,27,29,35H,14,16,18,21,34H2,1-3H3,(H,36,37)/t22?,27-,29?/m0/s1. The van der Waals surface area contributed by atoms with Crippen LogP contribution in [0.2, 0.25) is 10.1 Å². The predicted octanol–water partition coefficient (Wildman–Crippen LogP) is 5.62. The summed E-state index contributed by atoms with van der Waals surface area (Å²) in [5.41, 5.74) is 8.06. The normalized spacial score (nSPS) is 20.2. The summed E-state index contributed by atoms with van der Waals surface area (Å²) in [6.45, 7) is 7.56. The third-order valence-corrected chi connectivity index (χ3v) is 13.3. The second-order valence-electron chi connectivity index (χ2n) is 11.8. The SMILES string of the molecule is CC(C)(C)[Si](OCC1CCC(NC(=O)c2cc3cc(Cl)ccc3[nH]2)[C@@H](N)C1)(c1ccccc1)c1ccccc1. The quantitative estimate of drug-likeness (QED) is 0.257. The van der Waals surface area contributed by atoms with Crippen molar-refractivity contribution in [2.24, 2.45) is 11.7 Å². The van der Waals surface area contributed by atoms with Crippen LogP contribution in [0.5, 0.6) is 0 Å². The lowest BCUT2D eigenvalue weighted by atomic mass is 9.83. The molecule has 1 fully saturated rings. The molecule has 4 N–H and O–H groups in total. The molecule has 1 saturated carbocycles. The second-order valence-corrected chi connectivity index (χ2v) is 16.6. The van der Waals surface area contributed by atoms with Crippen molar-refractivity contribution in [2.45, 2.75) is 57.2 Å². The molecule has 0 spiro atoms. The molecule has 1 heterocycles. The minimum absolute atomic E-state index is 0.0627. The molecule has 1 aliphatic rings. The maximum absolute atomic E-state index is 13.0. The van der Waals surface area contributed by atoms with Crippen molar-refractivity contribution in [3.05, 3.63) is 95.6 Å². The third kappa shape index (κ3) is 5.70. The minimum Gasteiger partial charge on any atom is -0.407 e. The van der Waals surface area contributed by atoms with Gasteiger partial charge in [-0.1, -0.05) is 93.0 Å². The van der Waals surface area contributed by atoms with Crippen LogP contribution in [0.4, 0.5) is 0 Å². The molecule has 7 heteroatoms. The highest BCUT2D eigenvalue weighted by atomic mass is 35.5. The number of carbonyl (C=O) groups is 1. The van der Waals surface area contributed by atoms with E-state index in [1.807, 2.05) is 24.3 Å². The van der Waals surface area contributed by atoms with Crippen LogP contribution in [0.3, 0.4) is 0 Å². The molecule has 0 bridgehead atoms. The number of aromatic nitrogens is 1. The van der Waals surface area contributed by atoms with Crippen molar-refractivity contribution < 1.29 is 9.22 Å². The number of nitrogens with two attached hydrogens (primary N) is 1. The van der Waals surface area contributed by atoms with Gasteiger partial charge in [0.25, 0.3) is 14.2 Å². The number of fused-ring (bicyclic) bond motifs is 1. The first-order valence-corrected chi connectivity index (χ1v) is 16.1. The number of hydrogen-bond acceptors (Lipinski definition) is 3. The lowest BCUT2D eigenvalue weighted by Crippen LogP contribution is -2.67. The summed E-state index contributed by atoms with van der Waals surface area (Å²) >= 11 is 6.11. The maximum atomic E-state index is 13.0. The minimum atomic E-state index is -2.59. The Morgan fingerprint density at radius 2 is 1.64 bits per heavy atom. The zero-order chi connectivity index (χ0) is 27.6. The van der Waals surface area contributed by atoms with Gasteiger partial charge in [-0.25, -0.2) is 0 Å². The highest BCUT2D eigenvalue weighted by Gasteiger charge is 2.50. The van der Waals surface area contributed by atoms with Gasteiger partial charge in [0, 0.05) is 34.6 Å². The Hall–Kier alpha value is -2.90. The number of nitrogens with one attached hydrogen (secondary N) is 2. The summed E-state index contributed by atoms with van der Waals surface area (Å²) < 4.78 is 7.16. The summed E-state index contributed by atoms with van der Waals surface area (Å²) in [6, 6.07) is 28.7. The largest absolute Gasteiger partial charge is 0.407 e. The zero-order valence-corrected chi connectivity index (χ0v) is 24.7. The molecule has 2 unspecified atom stereocenters. The van der Waals surface area contributed by atoms with Crippen LogP contribution in [-0.4, -0.2) is 37.9 Å². The fourth-order valence-corrected chi connectivity index (χ4v) is 10.9. The molecule has 4 aromatic rings. The van der Waals surface area contributed by atoms with E-state index in [0.29, 0.717) is 23.2 Å². The Labute approximate surface area is 237 Å². The molecule has 5 rings (SSSR count). The van der Waals surface area contributed by atoms with E-state index in [0.717, 1.165) is 30.2 Å². The molecule has 1 aromatic heterocycles. The lowest BCUT2D eigenvalue weighted by molar-refractivity contribution is 0.0899. The van der Waals surface area contributed by atoms with Crippen molar-refractivity contribution in [2.75, 3.05) is 6.61 Å². The second kappa shape index (κ2) is 11.3. The summed E-state index contributed by atoms with van der Waals surface area (Å²) in [6.07, 6.45) is 2.60. The number of benzene rings is 3. The number of hydrogen-bond donors (Lipinski definition) is 3. The number of amides is 1. The first-order valence-electron chi connectivity index (χ1n) is 13.8. The molecular formula is C32H38ClN3O2Si. The highest BCUT2D eigenvalue weighted by molar-refractivity contribution is 6.99. The van der Waals surface area contributed by atoms with Gasteiger partial charge in [-0.15, -0.1) is 0 Å². The third-order valence-electron chi connectivity index (χ3n) is 8.10. The molecule has 3 aromatic carbocycles. The topological polar surface area (TPSA) is 80.1 Å². The van der Waals surface area contributed by atoms with Crippen LogP contribution < -0.4 is 21.4 Å². The van der Waals surface area contributed by atoms with E-state index in [1.54, 1.807) is 0 Å². The van der Waals surface area contributed by atoms with Crippen molar-refractivity contribution in [1.82, 2.24) is 10.3 Å².